The van der Waals surface area contributed by atoms with Crippen molar-refractivity contribution in [2.45, 2.75) is 4.90 Å². The molecule has 0 aliphatic rings. The average Bonchev–Trinajstić information content (AvgIpc) is 2.56. The summed E-state index contributed by atoms with van der Waals surface area (Å²) in [6, 6.07) is 18.1. The number of nitrogens with zero attached hydrogens (tertiary/aromatic N) is 2. The second-order valence-electron chi connectivity index (χ2n) is 5.05. The quantitative estimate of drug-likeness (QED) is 0.797. The van der Waals surface area contributed by atoms with Gasteiger partial charge in [0, 0.05) is 23.7 Å². The van der Waals surface area contributed by atoms with Gasteiger partial charge in [-0.15, -0.1) is 0 Å². The third-order valence-corrected chi connectivity index (χ3v) is 4.39. The predicted octanol–water partition coefficient (Wildman–Crippen LogP) is 3.29. The third kappa shape index (κ3) is 3.73. The molecular weight excluding hydrogens is 310 g/mol. The third-order valence-electron chi connectivity index (χ3n) is 3.26. The zero-order chi connectivity index (χ0) is 16.3. The van der Waals surface area contributed by atoms with Crippen molar-refractivity contribution in [3.05, 3.63) is 66.9 Å². The van der Waals surface area contributed by atoms with Gasteiger partial charge in [-0.25, -0.2) is 18.4 Å². The summed E-state index contributed by atoms with van der Waals surface area (Å²) in [7, 11) is -3.19. The normalized spacial score (nSPS) is 11.2. The molecule has 0 saturated heterocycles. The molecule has 0 amide bonds. The fourth-order valence-corrected chi connectivity index (χ4v) is 2.73. The minimum Gasteiger partial charge on any atom is -0.324 e. The van der Waals surface area contributed by atoms with Crippen LogP contribution in [0.25, 0.3) is 11.3 Å². The van der Waals surface area contributed by atoms with Crippen LogP contribution >= 0.6 is 0 Å². The van der Waals surface area contributed by atoms with Gasteiger partial charge < -0.3 is 5.32 Å². The summed E-state index contributed by atoms with van der Waals surface area (Å²) in [5.41, 5.74) is 2.55. The fraction of sp³-hybridized carbons (Fsp3) is 0.0588. The van der Waals surface area contributed by atoms with E-state index < -0.39 is 9.84 Å². The number of rotatable bonds is 4. The molecule has 3 aromatic rings. The Labute approximate surface area is 135 Å². The van der Waals surface area contributed by atoms with Crippen molar-refractivity contribution >= 4 is 21.5 Å². The van der Waals surface area contributed by atoms with Gasteiger partial charge in [0.15, 0.2) is 9.84 Å². The van der Waals surface area contributed by atoms with E-state index in [1.54, 1.807) is 30.5 Å². The number of anilines is 2. The molecule has 1 aromatic heterocycles. The van der Waals surface area contributed by atoms with E-state index in [4.69, 9.17) is 0 Å². The highest BCUT2D eigenvalue weighted by Gasteiger charge is 2.07. The lowest BCUT2D eigenvalue weighted by atomic mass is 10.1. The summed E-state index contributed by atoms with van der Waals surface area (Å²) < 4.78 is 22.9. The zero-order valence-electron chi connectivity index (χ0n) is 12.5. The Morgan fingerprint density at radius 3 is 2.26 bits per heavy atom. The van der Waals surface area contributed by atoms with Crippen LogP contribution in [-0.2, 0) is 9.84 Å². The minimum absolute atomic E-state index is 0.280. The van der Waals surface area contributed by atoms with Crippen molar-refractivity contribution in [3.8, 4) is 11.3 Å². The second kappa shape index (κ2) is 6.18. The first-order chi connectivity index (χ1) is 11.0. The summed E-state index contributed by atoms with van der Waals surface area (Å²) in [6.07, 6.45) is 2.87. The van der Waals surface area contributed by atoms with Crippen molar-refractivity contribution < 1.29 is 8.42 Å². The van der Waals surface area contributed by atoms with Crippen LogP contribution in [0.4, 0.5) is 11.6 Å². The molecule has 23 heavy (non-hydrogen) atoms. The molecule has 116 valence electrons. The van der Waals surface area contributed by atoms with Crippen molar-refractivity contribution in [3.63, 3.8) is 0 Å². The van der Waals surface area contributed by atoms with Gasteiger partial charge in [-0.1, -0.05) is 30.3 Å². The molecule has 0 saturated carbocycles. The maximum absolute atomic E-state index is 11.5. The molecule has 5 nitrogen and oxygen atoms in total. The van der Waals surface area contributed by atoms with Crippen LogP contribution in [0.1, 0.15) is 0 Å². The Morgan fingerprint density at radius 1 is 0.913 bits per heavy atom. The Kier molecular flexibility index (Phi) is 4.08. The number of hydrogen-bond acceptors (Lipinski definition) is 5. The van der Waals surface area contributed by atoms with Crippen LogP contribution < -0.4 is 5.32 Å². The molecule has 0 aliphatic heterocycles. The summed E-state index contributed by atoms with van der Waals surface area (Å²) in [5, 5.41) is 3.08. The van der Waals surface area contributed by atoms with Crippen LogP contribution in [0.15, 0.2) is 71.8 Å². The van der Waals surface area contributed by atoms with Crippen LogP contribution in [0.5, 0.6) is 0 Å². The molecule has 1 N–H and O–H groups in total. The van der Waals surface area contributed by atoms with Gasteiger partial charge in [-0.05, 0) is 30.3 Å². The second-order valence-corrected chi connectivity index (χ2v) is 7.07. The van der Waals surface area contributed by atoms with E-state index in [1.165, 1.54) is 6.26 Å². The molecule has 0 spiro atoms. The van der Waals surface area contributed by atoms with Crippen molar-refractivity contribution in [2.24, 2.45) is 0 Å². The van der Waals surface area contributed by atoms with Gasteiger partial charge in [-0.3, -0.25) is 0 Å². The lowest BCUT2D eigenvalue weighted by Crippen LogP contribution is -1.99. The molecule has 0 fully saturated rings. The Morgan fingerprint density at radius 2 is 1.61 bits per heavy atom. The average molecular weight is 325 g/mol. The Balaban J connectivity index is 1.84. The summed E-state index contributed by atoms with van der Waals surface area (Å²) >= 11 is 0. The molecule has 0 radical (unpaired) electrons. The number of sulfone groups is 1. The van der Waals surface area contributed by atoms with E-state index in [1.807, 2.05) is 36.4 Å². The lowest BCUT2D eigenvalue weighted by molar-refractivity contribution is 0.602. The molecule has 2 aromatic carbocycles. The molecular formula is C17H15N3O2S. The van der Waals surface area contributed by atoms with Gasteiger partial charge in [0.25, 0.3) is 0 Å². The summed E-state index contributed by atoms with van der Waals surface area (Å²) in [5.74, 6) is 0.457. The highest BCUT2D eigenvalue weighted by atomic mass is 32.2. The van der Waals surface area contributed by atoms with Crippen molar-refractivity contribution in [2.75, 3.05) is 11.6 Å². The van der Waals surface area contributed by atoms with Gasteiger partial charge in [0.2, 0.25) is 5.95 Å². The first-order valence-corrected chi connectivity index (χ1v) is 8.87. The van der Waals surface area contributed by atoms with Crippen LogP contribution in [0.3, 0.4) is 0 Å². The van der Waals surface area contributed by atoms with E-state index in [0.717, 1.165) is 16.9 Å². The number of hydrogen-bond donors (Lipinski definition) is 1. The van der Waals surface area contributed by atoms with Crippen LogP contribution in [0.2, 0.25) is 0 Å². The molecule has 6 heteroatoms. The molecule has 0 bridgehead atoms. The van der Waals surface area contributed by atoms with E-state index in [-0.39, 0.29) is 4.90 Å². The Bertz CT molecular complexity index is 908. The highest BCUT2D eigenvalue weighted by Crippen LogP contribution is 2.20. The molecule has 1 heterocycles. The SMILES string of the molecule is CS(=O)(=O)c1ccc(Nc2nccc(-c3ccccc3)n2)cc1. The highest BCUT2D eigenvalue weighted by molar-refractivity contribution is 7.90. The fourth-order valence-electron chi connectivity index (χ4n) is 2.10. The molecule has 0 atom stereocenters. The number of benzene rings is 2. The smallest absolute Gasteiger partial charge is 0.227 e. The number of nitrogens with one attached hydrogen (secondary N) is 1. The topological polar surface area (TPSA) is 72.0 Å². The minimum atomic E-state index is -3.19. The molecule has 3 rings (SSSR count). The van der Waals surface area contributed by atoms with Gasteiger partial charge in [-0.2, -0.15) is 0 Å². The largest absolute Gasteiger partial charge is 0.324 e. The van der Waals surface area contributed by atoms with Crippen molar-refractivity contribution in [1.29, 1.82) is 0 Å². The lowest BCUT2D eigenvalue weighted by Gasteiger charge is -2.07. The summed E-state index contributed by atoms with van der Waals surface area (Å²) in [4.78, 5) is 8.94. The Hall–Kier alpha value is -2.73. The van der Waals surface area contributed by atoms with Gasteiger partial charge >= 0.3 is 0 Å². The van der Waals surface area contributed by atoms with Gasteiger partial charge in [0.05, 0.1) is 10.6 Å². The molecule has 0 aliphatic carbocycles. The van der Waals surface area contributed by atoms with E-state index in [9.17, 15) is 8.42 Å². The first kappa shape index (κ1) is 15.2. The van der Waals surface area contributed by atoms with E-state index in [0.29, 0.717) is 5.95 Å². The van der Waals surface area contributed by atoms with E-state index >= 15 is 0 Å². The first-order valence-electron chi connectivity index (χ1n) is 6.98. The maximum Gasteiger partial charge on any atom is 0.227 e. The zero-order valence-corrected chi connectivity index (χ0v) is 13.3. The van der Waals surface area contributed by atoms with Crippen molar-refractivity contribution in [1.82, 2.24) is 9.97 Å². The summed E-state index contributed by atoms with van der Waals surface area (Å²) in [6.45, 7) is 0. The van der Waals surface area contributed by atoms with E-state index in [2.05, 4.69) is 15.3 Å². The van der Waals surface area contributed by atoms with Crippen LogP contribution in [0, 0.1) is 0 Å². The molecule has 0 unspecified atom stereocenters. The monoisotopic (exact) mass is 325 g/mol. The number of aromatic nitrogens is 2. The maximum atomic E-state index is 11.5. The van der Waals surface area contributed by atoms with Gasteiger partial charge in [0.1, 0.15) is 0 Å². The standard InChI is InChI=1S/C17H15N3O2S/c1-23(21,22)15-9-7-14(8-10-15)19-17-18-12-11-16(20-17)13-5-3-2-4-6-13/h2-12H,1H3,(H,18,19,20). The van der Waals surface area contributed by atoms with Crippen LogP contribution in [-0.4, -0.2) is 24.6 Å². The predicted molar refractivity (Wildman–Crippen MR) is 90.3 cm³/mol.